The van der Waals surface area contributed by atoms with Crippen LogP contribution in [0.15, 0.2) is 12.1 Å². The first-order valence-corrected chi connectivity index (χ1v) is 7.29. The summed E-state index contributed by atoms with van der Waals surface area (Å²) in [6.07, 6.45) is 0. The second kappa shape index (κ2) is 5.13. The van der Waals surface area contributed by atoms with Crippen LogP contribution in [0.25, 0.3) is 0 Å². The van der Waals surface area contributed by atoms with Gasteiger partial charge >= 0.3 is 0 Å². The van der Waals surface area contributed by atoms with E-state index in [0.717, 1.165) is 4.88 Å². The fourth-order valence-corrected chi connectivity index (χ4v) is 3.15. The van der Waals surface area contributed by atoms with Gasteiger partial charge in [-0.25, -0.2) is 0 Å². The Labute approximate surface area is 121 Å². The lowest BCUT2D eigenvalue weighted by atomic mass is 9.85. The Balaban J connectivity index is 2.16. The van der Waals surface area contributed by atoms with Crippen LogP contribution in [-0.4, -0.2) is 29.3 Å². The third-order valence-electron chi connectivity index (χ3n) is 3.04. The van der Waals surface area contributed by atoms with E-state index < -0.39 is 6.04 Å². The summed E-state index contributed by atoms with van der Waals surface area (Å²) >= 11 is 7.31. The zero-order chi connectivity index (χ0) is 14.2. The molecule has 2 rings (SSSR count). The number of halogens is 1. The van der Waals surface area contributed by atoms with Crippen LogP contribution < -0.4 is 5.32 Å². The van der Waals surface area contributed by atoms with E-state index in [-0.39, 0.29) is 23.8 Å². The van der Waals surface area contributed by atoms with Crippen molar-refractivity contribution in [3.8, 4) is 0 Å². The van der Waals surface area contributed by atoms with E-state index in [1.165, 1.54) is 11.3 Å². The summed E-state index contributed by atoms with van der Waals surface area (Å²) in [5.74, 6) is -0.140. The molecule has 0 aromatic carbocycles. The molecule has 6 heteroatoms. The van der Waals surface area contributed by atoms with E-state index in [1.54, 1.807) is 11.0 Å². The molecule has 1 aliphatic heterocycles. The molecule has 0 aliphatic carbocycles. The first-order valence-electron chi connectivity index (χ1n) is 6.10. The molecular weight excluding hydrogens is 284 g/mol. The lowest BCUT2D eigenvalue weighted by molar-refractivity contribution is -0.147. The van der Waals surface area contributed by atoms with Crippen LogP contribution in [0.1, 0.15) is 25.6 Å². The van der Waals surface area contributed by atoms with Crippen LogP contribution in [0.4, 0.5) is 0 Å². The molecule has 1 fully saturated rings. The van der Waals surface area contributed by atoms with E-state index in [0.29, 0.717) is 10.9 Å². The number of amides is 2. The van der Waals surface area contributed by atoms with Crippen molar-refractivity contribution in [3.05, 3.63) is 21.3 Å². The van der Waals surface area contributed by atoms with E-state index in [2.05, 4.69) is 5.32 Å². The number of nitrogens with one attached hydrogen (secondary N) is 1. The highest BCUT2D eigenvalue weighted by Gasteiger charge is 2.39. The summed E-state index contributed by atoms with van der Waals surface area (Å²) in [5.41, 5.74) is -0.293. The molecule has 1 atom stereocenters. The lowest BCUT2D eigenvalue weighted by Crippen LogP contribution is -2.61. The van der Waals surface area contributed by atoms with Crippen molar-refractivity contribution in [3.63, 3.8) is 0 Å². The smallest absolute Gasteiger partial charge is 0.246 e. The van der Waals surface area contributed by atoms with Gasteiger partial charge in [0.2, 0.25) is 11.8 Å². The van der Waals surface area contributed by atoms with Crippen LogP contribution in [0.2, 0.25) is 4.34 Å². The normalized spacial score (nSPS) is 20.6. The van der Waals surface area contributed by atoms with Crippen LogP contribution in [0.3, 0.4) is 0 Å². The molecule has 19 heavy (non-hydrogen) atoms. The minimum Gasteiger partial charge on any atom is -0.342 e. The Bertz CT molecular complexity index is 507. The first-order chi connectivity index (χ1) is 8.77. The fraction of sp³-hybridized carbons (Fsp3) is 0.538. The molecule has 0 radical (unpaired) electrons. The first kappa shape index (κ1) is 14.3. The Kier molecular flexibility index (Phi) is 3.87. The number of thiophene rings is 1. The van der Waals surface area contributed by atoms with Crippen molar-refractivity contribution in [1.29, 1.82) is 0 Å². The van der Waals surface area contributed by atoms with E-state index in [4.69, 9.17) is 11.6 Å². The molecule has 4 nitrogen and oxygen atoms in total. The summed E-state index contributed by atoms with van der Waals surface area (Å²) < 4.78 is 0.691. The molecular formula is C13H17ClN2O2S. The summed E-state index contributed by atoms with van der Waals surface area (Å²) in [6.45, 7) is 6.39. The molecule has 1 aliphatic rings. The van der Waals surface area contributed by atoms with E-state index >= 15 is 0 Å². The molecule has 1 unspecified atom stereocenters. The monoisotopic (exact) mass is 300 g/mol. The summed E-state index contributed by atoms with van der Waals surface area (Å²) in [7, 11) is 0. The highest BCUT2D eigenvalue weighted by Crippen LogP contribution is 2.26. The maximum absolute atomic E-state index is 12.4. The molecule has 2 heterocycles. The van der Waals surface area contributed by atoms with Gasteiger partial charge in [-0.2, -0.15) is 0 Å². The zero-order valence-electron chi connectivity index (χ0n) is 11.2. The van der Waals surface area contributed by atoms with Gasteiger partial charge in [0.1, 0.15) is 6.04 Å². The van der Waals surface area contributed by atoms with E-state index in [1.807, 2.05) is 26.8 Å². The van der Waals surface area contributed by atoms with Crippen molar-refractivity contribution in [1.82, 2.24) is 10.2 Å². The highest BCUT2D eigenvalue weighted by atomic mass is 35.5. The predicted octanol–water partition coefficient (Wildman–Crippen LogP) is 2.27. The standard InChI is InChI=1S/C13H17ClN2O2S/c1-13(2,3)11-12(18)16(7-10(17)15-11)6-8-4-5-9(14)19-8/h4-5,11H,6-7H2,1-3H3,(H,15,17). The molecule has 1 N–H and O–H groups in total. The van der Waals surface area contributed by atoms with Gasteiger partial charge < -0.3 is 10.2 Å². The maximum atomic E-state index is 12.4. The number of nitrogens with zero attached hydrogens (tertiary/aromatic N) is 1. The second-order valence-electron chi connectivity index (χ2n) is 5.77. The highest BCUT2D eigenvalue weighted by molar-refractivity contribution is 7.16. The molecule has 0 bridgehead atoms. The number of carbonyl (C=O) groups is 2. The minimum absolute atomic E-state index is 0.0309. The lowest BCUT2D eigenvalue weighted by Gasteiger charge is -2.38. The van der Waals surface area contributed by atoms with E-state index in [9.17, 15) is 9.59 Å². The fourth-order valence-electron chi connectivity index (χ4n) is 2.05. The maximum Gasteiger partial charge on any atom is 0.246 e. The third kappa shape index (κ3) is 3.28. The molecule has 0 saturated carbocycles. The summed E-state index contributed by atoms with van der Waals surface area (Å²) in [4.78, 5) is 26.7. The van der Waals surface area contributed by atoms with Crippen LogP contribution in [0, 0.1) is 5.41 Å². The molecule has 1 aromatic heterocycles. The largest absolute Gasteiger partial charge is 0.342 e. The summed E-state index contributed by atoms with van der Waals surface area (Å²) in [5, 5.41) is 2.77. The molecule has 1 aromatic rings. The second-order valence-corrected chi connectivity index (χ2v) is 7.57. The average molecular weight is 301 g/mol. The number of piperazine rings is 1. The number of rotatable bonds is 2. The van der Waals surface area contributed by atoms with Gasteiger partial charge in [-0.15, -0.1) is 11.3 Å². The van der Waals surface area contributed by atoms with Crippen molar-refractivity contribution >= 4 is 34.8 Å². The van der Waals surface area contributed by atoms with Gasteiger partial charge in [0, 0.05) is 4.88 Å². The number of hydrogen-bond donors (Lipinski definition) is 1. The molecule has 0 spiro atoms. The van der Waals surface area contributed by atoms with Gasteiger partial charge in [-0.05, 0) is 17.5 Å². The van der Waals surface area contributed by atoms with Crippen LogP contribution >= 0.6 is 22.9 Å². The van der Waals surface area contributed by atoms with Gasteiger partial charge in [0.15, 0.2) is 0 Å². The number of hydrogen-bond acceptors (Lipinski definition) is 3. The SMILES string of the molecule is CC(C)(C)C1NC(=O)CN(Cc2ccc(Cl)s2)C1=O. The van der Waals surface area contributed by atoms with Crippen molar-refractivity contribution in [2.24, 2.45) is 5.41 Å². The van der Waals surface area contributed by atoms with Gasteiger partial charge in [0.25, 0.3) is 0 Å². The minimum atomic E-state index is -0.468. The average Bonchev–Trinajstić information content (AvgIpc) is 2.67. The Morgan fingerprint density at radius 1 is 1.42 bits per heavy atom. The Morgan fingerprint density at radius 2 is 2.11 bits per heavy atom. The zero-order valence-corrected chi connectivity index (χ0v) is 12.8. The molecule has 1 saturated heterocycles. The van der Waals surface area contributed by atoms with Crippen molar-refractivity contribution < 1.29 is 9.59 Å². The van der Waals surface area contributed by atoms with Crippen LogP contribution in [0.5, 0.6) is 0 Å². The van der Waals surface area contributed by atoms with Crippen molar-refractivity contribution in [2.75, 3.05) is 6.54 Å². The third-order valence-corrected chi connectivity index (χ3v) is 4.26. The predicted molar refractivity (Wildman–Crippen MR) is 76.1 cm³/mol. The Hall–Kier alpha value is -1.07. The van der Waals surface area contributed by atoms with Gasteiger partial charge in [-0.1, -0.05) is 32.4 Å². The number of carbonyl (C=O) groups excluding carboxylic acids is 2. The van der Waals surface area contributed by atoms with Crippen molar-refractivity contribution in [2.45, 2.75) is 33.4 Å². The van der Waals surface area contributed by atoms with Crippen LogP contribution in [-0.2, 0) is 16.1 Å². The molecule has 2 amide bonds. The topological polar surface area (TPSA) is 49.4 Å². The summed E-state index contributed by atoms with van der Waals surface area (Å²) in [6, 6.07) is 3.22. The molecule has 104 valence electrons. The Morgan fingerprint density at radius 3 is 2.63 bits per heavy atom. The quantitative estimate of drug-likeness (QED) is 0.911. The van der Waals surface area contributed by atoms with Gasteiger partial charge in [-0.3, -0.25) is 9.59 Å². The van der Waals surface area contributed by atoms with Gasteiger partial charge in [0.05, 0.1) is 17.4 Å².